The van der Waals surface area contributed by atoms with E-state index in [1.807, 2.05) is 18.2 Å². The first-order valence-corrected chi connectivity index (χ1v) is 10.5. The molecule has 0 radical (unpaired) electrons. The molecule has 0 fully saturated rings. The number of nitro benzene ring substituents is 1. The molecule has 172 valence electrons. The molecule has 0 saturated heterocycles. The van der Waals surface area contributed by atoms with Gasteiger partial charge in [-0.25, -0.2) is 0 Å². The monoisotopic (exact) mass is 497 g/mol. The molecule has 0 spiro atoms. The third kappa shape index (κ3) is 5.84. The Morgan fingerprint density at radius 1 is 1.15 bits per heavy atom. The summed E-state index contributed by atoms with van der Waals surface area (Å²) in [5.41, 5.74) is 0.648. The first kappa shape index (κ1) is 24.6. The standard InChI is InChI=1S/C24H17Cl2N3O5/c1-33-22-8-4-6-15(23(22)34-14-16-5-2-3-7-19(16)25)11-17(13-27)24(30)28-18-9-10-20(26)21(12-18)29(31)32/h2-12H,14H2,1H3,(H,28,30)/b17-11+. The molecular weight excluding hydrogens is 481 g/mol. The molecule has 0 aromatic heterocycles. The average Bonchev–Trinajstić information content (AvgIpc) is 2.83. The molecule has 0 aliphatic rings. The highest BCUT2D eigenvalue weighted by atomic mass is 35.5. The molecule has 0 bridgehead atoms. The topological polar surface area (TPSA) is 114 Å². The van der Waals surface area contributed by atoms with E-state index in [0.717, 1.165) is 11.6 Å². The molecule has 0 aliphatic carbocycles. The van der Waals surface area contributed by atoms with E-state index in [1.54, 1.807) is 30.3 Å². The van der Waals surface area contributed by atoms with Gasteiger partial charge in [0.15, 0.2) is 11.5 Å². The number of halogens is 2. The third-order valence-electron chi connectivity index (χ3n) is 4.62. The second-order valence-corrected chi connectivity index (χ2v) is 7.62. The fourth-order valence-corrected chi connectivity index (χ4v) is 3.34. The molecule has 0 atom stereocenters. The molecule has 3 aromatic rings. The van der Waals surface area contributed by atoms with E-state index in [9.17, 15) is 20.2 Å². The van der Waals surface area contributed by atoms with Gasteiger partial charge < -0.3 is 14.8 Å². The summed E-state index contributed by atoms with van der Waals surface area (Å²) >= 11 is 12.0. The van der Waals surface area contributed by atoms with Gasteiger partial charge in [0.25, 0.3) is 11.6 Å². The summed E-state index contributed by atoms with van der Waals surface area (Å²) in [4.78, 5) is 23.1. The van der Waals surface area contributed by atoms with Crippen LogP contribution in [-0.4, -0.2) is 17.9 Å². The molecule has 0 saturated carbocycles. The summed E-state index contributed by atoms with van der Waals surface area (Å²) in [6.45, 7) is 0.128. The summed E-state index contributed by atoms with van der Waals surface area (Å²) in [5.74, 6) is -0.0570. The highest BCUT2D eigenvalue weighted by molar-refractivity contribution is 6.32. The number of nitrogens with one attached hydrogen (secondary N) is 1. The van der Waals surface area contributed by atoms with E-state index >= 15 is 0 Å². The van der Waals surface area contributed by atoms with E-state index in [-0.39, 0.29) is 28.6 Å². The number of nitro groups is 1. The smallest absolute Gasteiger partial charge is 0.289 e. The Morgan fingerprint density at radius 2 is 1.91 bits per heavy atom. The quantitative estimate of drug-likeness (QED) is 0.175. The van der Waals surface area contributed by atoms with Gasteiger partial charge in [0.05, 0.1) is 12.0 Å². The Bertz CT molecular complexity index is 1320. The maximum absolute atomic E-state index is 12.7. The van der Waals surface area contributed by atoms with E-state index in [1.165, 1.54) is 25.3 Å². The minimum Gasteiger partial charge on any atom is -0.493 e. The SMILES string of the molecule is COc1cccc(/C=C(\C#N)C(=O)Nc2ccc(Cl)c([N+](=O)[O-])c2)c1OCc1ccccc1Cl. The van der Waals surface area contributed by atoms with Crippen molar-refractivity contribution in [1.29, 1.82) is 5.26 Å². The van der Waals surface area contributed by atoms with Crippen LogP contribution in [0.1, 0.15) is 11.1 Å². The zero-order chi connectivity index (χ0) is 24.7. The number of hydrogen-bond donors (Lipinski definition) is 1. The third-order valence-corrected chi connectivity index (χ3v) is 5.31. The lowest BCUT2D eigenvalue weighted by Crippen LogP contribution is -2.13. The first-order chi connectivity index (χ1) is 16.3. The lowest BCUT2D eigenvalue weighted by atomic mass is 10.1. The Labute approximate surface area is 205 Å². The molecule has 0 aliphatic heterocycles. The van der Waals surface area contributed by atoms with Gasteiger partial charge in [-0.3, -0.25) is 14.9 Å². The van der Waals surface area contributed by atoms with E-state index in [2.05, 4.69) is 5.32 Å². The van der Waals surface area contributed by atoms with Crippen molar-refractivity contribution in [1.82, 2.24) is 0 Å². The van der Waals surface area contributed by atoms with Crippen LogP contribution in [0.2, 0.25) is 10.0 Å². The number of rotatable bonds is 8. The number of nitriles is 1. The van der Waals surface area contributed by atoms with Crippen LogP contribution in [-0.2, 0) is 11.4 Å². The number of para-hydroxylation sites is 1. The minimum absolute atomic E-state index is 0.0734. The molecule has 1 amide bonds. The summed E-state index contributed by atoms with van der Waals surface area (Å²) in [6.07, 6.45) is 1.34. The summed E-state index contributed by atoms with van der Waals surface area (Å²) in [6, 6.07) is 17.8. The van der Waals surface area contributed by atoms with Crippen molar-refractivity contribution >= 4 is 46.6 Å². The Kier molecular flexibility index (Phi) is 8.09. The minimum atomic E-state index is -0.765. The number of benzene rings is 3. The molecule has 0 heterocycles. The summed E-state index contributed by atoms with van der Waals surface area (Å²) in [7, 11) is 1.47. The highest BCUT2D eigenvalue weighted by Gasteiger charge is 2.17. The molecular formula is C24H17Cl2N3O5. The Morgan fingerprint density at radius 3 is 2.59 bits per heavy atom. The van der Waals surface area contributed by atoms with Gasteiger partial charge in [0.1, 0.15) is 23.3 Å². The number of methoxy groups -OCH3 is 1. The van der Waals surface area contributed by atoms with Gasteiger partial charge in [-0.2, -0.15) is 5.26 Å². The Hall–Kier alpha value is -4.06. The molecule has 0 unspecified atom stereocenters. The van der Waals surface area contributed by atoms with Crippen molar-refractivity contribution in [3.63, 3.8) is 0 Å². The van der Waals surface area contributed by atoms with Crippen LogP contribution in [0.5, 0.6) is 11.5 Å². The number of nitrogens with zero attached hydrogens (tertiary/aromatic N) is 2. The Balaban J connectivity index is 1.90. The van der Waals surface area contributed by atoms with Gasteiger partial charge >= 0.3 is 0 Å². The molecule has 3 rings (SSSR count). The predicted octanol–water partition coefficient (Wildman–Crippen LogP) is 6.03. The van der Waals surface area contributed by atoms with Crippen molar-refractivity contribution < 1.29 is 19.2 Å². The number of hydrogen-bond acceptors (Lipinski definition) is 6. The second kappa shape index (κ2) is 11.2. The van der Waals surface area contributed by atoms with Gasteiger partial charge in [-0.1, -0.05) is 53.5 Å². The van der Waals surface area contributed by atoms with Crippen LogP contribution in [0.3, 0.4) is 0 Å². The zero-order valence-corrected chi connectivity index (χ0v) is 19.3. The van der Waals surface area contributed by atoms with Crippen LogP contribution in [0.4, 0.5) is 11.4 Å². The van der Waals surface area contributed by atoms with Crippen LogP contribution in [0, 0.1) is 21.4 Å². The maximum Gasteiger partial charge on any atom is 0.289 e. The lowest BCUT2D eigenvalue weighted by molar-refractivity contribution is -0.384. The van der Waals surface area contributed by atoms with Gasteiger partial charge in [0.2, 0.25) is 0 Å². The molecule has 10 heteroatoms. The summed E-state index contributed by atoms with van der Waals surface area (Å²) < 4.78 is 11.3. The van der Waals surface area contributed by atoms with Crippen molar-refractivity contribution in [3.8, 4) is 17.6 Å². The van der Waals surface area contributed by atoms with Gasteiger partial charge in [-0.05, 0) is 30.3 Å². The highest BCUT2D eigenvalue weighted by Crippen LogP contribution is 2.34. The fraction of sp³-hybridized carbons (Fsp3) is 0.0833. The van der Waals surface area contributed by atoms with Crippen LogP contribution in [0.15, 0.2) is 66.2 Å². The van der Waals surface area contributed by atoms with E-state index in [4.69, 9.17) is 32.7 Å². The van der Waals surface area contributed by atoms with Crippen LogP contribution in [0.25, 0.3) is 6.08 Å². The number of amides is 1. The van der Waals surface area contributed by atoms with Crippen LogP contribution < -0.4 is 14.8 Å². The van der Waals surface area contributed by atoms with Gasteiger partial charge in [-0.15, -0.1) is 0 Å². The first-order valence-electron chi connectivity index (χ1n) is 9.74. The number of ether oxygens (including phenoxy) is 2. The number of carbonyl (C=O) groups is 1. The fourth-order valence-electron chi connectivity index (χ4n) is 2.96. The maximum atomic E-state index is 12.7. The van der Waals surface area contributed by atoms with Crippen LogP contribution >= 0.6 is 23.2 Å². The van der Waals surface area contributed by atoms with Crippen molar-refractivity contribution in [2.45, 2.75) is 6.61 Å². The van der Waals surface area contributed by atoms with E-state index < -0.39 is 10.8 Å². The normalized spacial score (nSPS) is 10.8. The van der Waals surface area contributed by atoms with Crippen molar-refractivity contribution in [3.05, 3.63) is 97.5 Å². The molecule has 3 aromatic carbocycles. The van der Waals surface area contributed by atoms with Crippen molar-refractivity contribution in [2.75, 3.05) is 12.4 Å². The molecule has 8 nitrogen and oxygen atoms in total. The summed E-state index contributed by atoms with van der Waals surface area (Å²) in [5, 5.41) is 23.6. The largest absolute Gasteiger partial charge is 0.493 e. The lowest BCUT2D eigenvalue weighted by Gasteiger charge is -2.14. The number of carbonyl (C=O) groups excluding carboxylic acids is 1. The average molecular weight is 498 g/mol. The predicted molar refractivity (Wildman–Crippen MR) is 129 cm³/mol. The van der Waals surface area contributed by atoms with Gasteiger partial charge in [0, 0.05) is 27.9 Å². The molecule has 34 heavy (non-hydrogen) atoms. The second-order valence-electron chi connectivity index (χ2n) is 6.81. The zero-order valence-electron chi connectivity index (χ0n) is 17.7. The van der Waals surface area contributed by atoms with Crippen molar-refractivity contribution in [2.24, 2.45) is 0 Å². The van der Waals surface area contributed by atoms with E-state index in [0.29, 0.717) is 22.1 Å². The number of anilines is 1. The molecule has 1 N–H and O–H groups in total.